The Bertz CT molecular complexity index is 630. The van der Waals surface area contributed by atoms with Gasteiger partial charge in [0.05, 0.1) is 0 Å². The molecule has 0 spiro atoms. The number of phenols is 2. The third-order valence-corrected chi connectivity index (χ3v) is 3.39. The zero-order valence-corrected chi connectivity index (χ0v) is 12.6. The second-order valence-corrected chi connectivity index (χ2v) is 5.17. The summed E-state index contributed by atoms with van der Waals surface area (Å²) >= 11 is 5.22. The summed E-state index contributed by atoms with van der Waals surface area (Å²) in [7, 11) is 0. The molecule has 2 aromatic carbocycles. The Morgan fingerprint density at radius 1 is 1.10 bits per heavy atom. The summed E-state index contributed by atoms with van der Waals surface area (Å²) < 4.78 is 0. The van der Waals surface area contributed by atoms with Crippen molar-refractivity contribution in [2.45, 2.75) is 13.3 Å². The summed E-state index contributed by atoms with van der Waals surface area (Å²) in [4.78, 5) is 0. The monoisotopic (exact) mass is 302 g/mol. The van der Waals surface area contributed by atoms with Gasteiger partial charge in [-0.05, 0) is 61.0 Å². The molecule has 0 saturated heterocycles. The molecule has 0 atom stereocenters. The van der Waals surface area contributed by atoms with Crippen LogP contribution >= 0.6 is 12.2 Å². The molecule has 0 saturated carbocycles. The number of hydrogen-bond acceptors (Lipinski definition) is 3. The van der Waals surface area contributed by atoms with Crippen molar-refractivity contribution in [3.05, 3.63) is 53.6 Å². The molecule has 0 unspecified atom stereocenters. The van der Waals surface area contributed by atoms with Crippen LogP contribution in [0.15, 0.2) is 42.5 Å². The molecule has 0 radical (unpaired) electrons. The first-order valence-electron chi connectivity index (χ1n) is 6.67. The zero-order valence-electron chi connectivity index (χ0n) is 11.8. The fourth-order valence-corrected chi connectivity index (χ4v) is 2.22. The van der Waals surface area contributed by atoms with Crippen molar-refractivity contribution in [1.29, 1.82) is 0 Å². The lowest BCUT2D eigenvalue weighted by Crippen LogP contribution is -2.30. The quantitative estimate of drug-likeness (QED) is 0.517. The van der Waals surface area contributed by atoms with Crippen molar-refractivity contribution in [3.63, 3.8) is 0 Å². The van der Waals surface area contributed by atoms with E-state index < -0.39 is 0 Å². The Labute approximate surface area is 129 Å². The number of phenolic OH excluding ortho intramolecular Hbond substituents is 2. The van der Waals surface area contributed by atoms with E-state index in [1.807, 2.05) is 37.3 Å². The Kier molecular flexibility index (Phi) is 5.00. The Morgan fingerprint density at radius 2 is 1.76 bits per heavy atom. The molecule has 110 valence electrons. The van der Waals surface area contributed by atoms with Gasteiger partial charge >= 0.3 is 0 Å². The molecule has 2 aromatic rings. The van der Waals surface area contributed by atoms with E-state index in [4.69, 9.17) is 12.2 Å². The number of hydrogen-bond donors (Lipinski definition) is 4. The molecular weight excluding hydrogens is 284 g/mol. The molecule has 2 rings (SSSR count). The first kappa shape index (κ1) is 15.1. The molecule has 0 aliphatic carbocycles. The highest BCUT2D eigenvalue weighted by Gasteiger charge is 2.05. The van der Waals surface area contributed by atoms with E-state index in [-0.39, 0.29) is 11.5 Å². The van der Waals surface area contributed by atoms with Gasteiger partial charge in [-0.1, -0.05) is 18.2 Å². The highest BCUT2D eigenvalue weighted by molar-refractivity contribution is 7.80. The van der Waals surface area contributed by atoms with E-state index in [9.17, 15) is 10.2 Å². The van der Waals surface area contributed by atoms with Crippen LogP contribution in [0.5, 0.6) is 11.5 Å². The molecular formula is C16H18N2O2S. The van der Waals surface area contributed by atoms with E-state index in [0.717, 1.165) is 16.8 Å². The third kappa shape index (κ3) is 4.36. The maximum atomic E-state index is 9.52. The van der Waals surface area contributed by atoms with E-state index in [1.54, 1.807) is 12.1 Å². The van der Waals surface area contributed by atoms with Gasteiger partial charge < -0.3 is 20.8 Å². The van der Waals surface area contributed by atoms with Gasteiger partial charge in [0.1, 0.15) is 0 Å². The average Bonchev–Trinajstić information content (AvgIpc) is 2.45. The highest BCUT2D eigenvalue weighted by atomic mass is 32.1. The second kappa shape index (κ2) is 6.95. The smallest absolute Gasteiger partial charge is 0.170 e. The standard InChI is InChI=1S/C16H18N2O2S/c1-11-9-14(19)15(20)10-12(11)7-8-17-16(21)18-13-5-3-2-4-6-13/h2-6,9-10,19-20H,7-8H2,1H3,(H2,17,18,21). The van der Waals surface area contributed by atoms with Gasteiger partial charge in [-0.15, -0.1) is 0 Å². The lowest BCUT2D eigenvalue weighted by atomic mass is 10.0. The van der Waals surface area contributed by atoms with Gasteiger partial charge in [-0.3, -0.25) is 0 Å². The molecule has 21 heavy (non-hydrogen) atoms. The molecule has 5 heteroatoms. The summed E-state index contributed by atoms with van der Waals surface area (Å²) in [5.41, 5.74) is 2.85. The van der Waals surface area contributed by atoms with Crippen molar-refractivity contribution in [2.24, 2.45) is 0 Å². The maximum Gasteiger partial charge on any atom is 0.170 e. The Morgan fingerprint density at radius 3 is 2.48 bits per heavy atom. The predicted octanol–water partition coefficient (Wildman–Crippen LogP) is 2.94. The minimum atomic E-state index is -0.0967. The average molecular weight is 302 g/mol. The van der Waals surface area contributed by atoms with Crippen molar-refractivity contribution < 1.29 is 10.2 Å². The minimum absolute atomic E-state index is 0.0922. The number of rotatable bonds is 4. The zero-order chi connectivity index (χ0) is 15.2. The van der Waals surface area contributed by atoms with Crippen molar-refractivity contribution >= 4 is 23.0 Å². The molecule has 0 amide bonds. The predicted molar refractivity (Wildman–Crippen MR) is 88.9 cm³/mol. The van der Waals surface area contributed by atoms with Gasteiger partial charge in [0, 0.05) is 12.2 Å². The Hall–Kier alpha value is -2.27. The number of aromatic hydroxyl groups is 2. The summed E-state index contributed by atoms with van der Waals surface area (Å²) in [5.74, 6) is -0.189. The SMILES string of the molecule is Cc1cc(O)c(O)cc1CCNC(=S)Nc1ccccc1. The Balaban J connectivity index is 1.84. The summed E-state index contributed by atoms with van der Waals surface area (Å²) in [6.07, 6.45) is 0.705. The van der Waals surface area contributed by atoms with Gasteiger partial charge in [-0.2, -0.15) is 0 Å². The molecule has 0 bridgehead atoms. The lowest BCUT2D eigenvalue weighted by molar-refractivity contribution is 0.402. The molecule has 0 aromatic heterocycles. The molecule has 0 aliphatic heterocycles. The van der Waals surface area contributed by atoms with Gasteiger partial charge in [0.25, 0.3) is 0 Å². The minimum Gasteiger partial charge on any atom is -0.504 e. The van der Waals surface area contributed by atoms with E-state index in [0.29, 0.717) is 18.1 Å². The van der Waals surface area contributed by atoms with Crippen LogP contribution in [0.2, 0.25) is 0 Å². The number of benzene rings is 2. The fraction of sp³-hybridized carbons (Fsp3) is 0.188. The van der Waals surface area contributed by atoms with Crippen LogP contribution < -0.4 is 10.6 Å². The third-order valence-electron chi connectivity index (χ3n) is 3.14. The number of thiocarbonyl (C=S) groups is 1. The van der Waals surface area contributed by atoms with Gasteiger partial charge in [0.15, 0.2) is 16.6 Å². The van der Waals surface area contributed by atoms with Gasteiger partial charge in [-0.25, -0.2) is 0 Å². The second-order valence-electron chi connectivity index (χ2n) is 4.76. The summed E-state index contributed by atoms with van der Waals surface area (Å²) in [5, 5.41) is 25.7. The highest BCUT2D eigenvalue weighted by Crippen LogP contribution is 2.27. The first-order chi connectivity index (χ1) is 10.1. The van der Waals surface area contributed by atoms with Crippen LogP contribution in [-0.2, 0) is 6.42 Å². The molecule has 0 fully saturated rings. The van der Waals surface area contributed by atoms with Crippen molar-refractivity contribution in [3.8, 4) is 11.5 Å². The summed E-state index contributed by atoms with van der Waals surface area (Å²) in [6.45, 7) is 2.54. The van der Waals surface area contributed by atoms with Crippen LogP contribution in [0.3, 0.4) is 0 Å². The maximum absolute atomic E-state index is 9.52. The lowest BCUT2D eigenvalue weighted by Gasteiger charge is -2.12. The van der Waals surface area contributed by atoms with Crippen molar-refractivity contribution in [1.82, 2.24) is 5.32 Å². The van der Waals surface area contributed by atoms with E-state index in [2.05, 4.69) is 10.6 Å². The van der Waals surface area contributed by atoms with E-state index in [1.165, 1.54) is 0 Å². The van der Waals surface area contributed by atoms with Crippen LogP contribution in [0.25, 0.3) is 0 Å². The number of anilines is 1. The molecule has 4 nitrogen and oxygen atoms in total. The largest absolute Gasteiger partial charge is 0.504 e. The normalized spacial score (nSPS) is 10.1. The fourth-order valence-electron chi connectivity index (χ4n) is 2.00. The molecule has 0 heterocycles. The summed E-state index contributed by atoms with van der Waals surface area (Å²) in [6, 6.07) is 12.8. The van der Waals surface area contributed by atoms with Crippen LogP contribution in [0, 0.1) is 6.92 Å². The first-order valence-corrected chi connectivity index (χ1v) is 7.08. The number of nitrogens with one attached hydrogen (secondary N) is 2. The van der Waals surface area contributed by atoms with Crippen LogP contribution in [0.1, 0.15) is 11.1 Å². The van der Waals surface area contributed by atoms with Crippen LogP contribution in [-0.4, -0.2) is 21.9 Å². The van der Waals surface area contributed by atoms with E-state index >= 15 is 0 Å². The molecule has 0 aliphatic rings. The van der Waals surface area contributed by atoms with Gasteiger partial charge in [0.2, 0.25) is 0 Å². The molecule has 4 N–H and O–H groups in total. The number of aryl methyl sites for hydroxylation is 1. The topological polar surface area (TPSA) is 64.5 Å². The van der Waals surface area contributed by atoms with Crippen molar-refractivity contribution in [2.75, 3.05) is 11.9 Å². The number of para-hydroxylation sites is 1. The van der Waals surface area contributed by atoms with Crippen LogP contribution in [0.4, 0.5) is 5.69 Å².